The number of amides is 1. The van der Waals surface area contributed by atoms with Crippen LogP contribution in [0.1, 0.15) is 21.5 Å². The van der Waals surface area contributed by atoms with Crippen LogP contribution in [-0.4, -0.2) is 20.9 Å². The maximum atomic E-state index is 12.5. The van der Waals surface area contributed by atoms with Gasteiger partial charge in [0.2, 0.25) is 0 Å². The van der Waals surface area contributed by atoms with Crippen molar-refractivity contribution in [2.24, 2.45) is 0 Å². The van der Waals surface area contributed by atoms with Gasteiger partial charge >= 0.3 is 0 Å². The molecule has 6 heteroatoms. The molecule has 0 bridgehead atoms. The predicted molar refractivity (Wildman–Crippen MR) is 95.7 cm³/mol. The summed E-state index contributed by atoms with van der Waals surface area (Å²) in [6.45, 7) is 7.69. The van der Waals surface area contributed by atoms with Gasteiger partial charge in [0.1, 0.15) is 0 Å². The van der Waals surface area contributed by atoms with Crippen molar-refractivity contribution in [2.45, 2.75) is 18.7 Å². The number of benzene rings is 2. The van der Waals surface area contributed by atoms with Gasteiger partial charge < -0.3 is 5.32 Å². The van der Waals surface area contributed by atoms with Crippen molar-refractivity contribution in [3.8, 4) is 0 Å². The highest BCUT2D eigenvalue weighted by Gasteiger charge is 2.15. The molecule has 0 saturated heterocycles. The summed E-state index contributed by atoms with van der Waals surface area (Å²) < 4.78 is 27.5. The Morgan fingerprint density at radius 3 is 2.21 bits per heavy atom. The zero-order valence-electron chi connectivity index (χ0n) is 13.7. The first kappa shape index (κ1) is 17.7. The zero-order chi connectivity index (χ0) is 17.7. The fraction of sp³-hybridized carbons (Fsp3) is 0.167. The lowest BCUT2D eigenvalue weighted by atomic mass is 10.1. The molecule has 5 nitrogen and oxygen atoms in total. The van der Waals surface area contributed by atoms with Gasteiger partial charge in [0, 0.05) is 17.8 Å². The number of carbonyl (C=O) groups excluding carboxylic acids is 1. The van der Waals surface area contributed by atoms with Crippen molar-refractivity contribution in [1.82, 2.24) is 5.32 Å². The summed E-state index contributed by atoms with van der Waals surface area (Å²) in [5.74, 6) is -0.277. The average molecular weight is 344 g/mol. The fourth-order valence-electron chi connectivity index (χ4n) is 2.30. The molecule has 0 spiro atoms. The van der Waals surface area contributed by atoms with E-state index in [2.05, 4.69) is 16.6 Å². The van der Waals surface area contributed by atoms with E-state index in [4.69, 9.17) is 0 Å². The maximum absolute atomic E-state index is 12.5. The Hall–Kier alpha value is -2.60. The molecule has 0 aliphatic rings. The lowest BCUT2D eigenvalue weighted by Crippen LogP contribution is -2.23. The van der Waals surface area contributed by atoms with Crippen LogP contribution in [0.4, 0.5) is 5.69 Å². The first-order chi connectivity index (χ1) is 11.3. The van der Waals surface area contributed by atoms with Gasteiger partial charge in [-0.1, -0.05) is 12.1 Å². The van der Waals surface area contributed by atoms with Gasteiger partial charge in [0.15, 0.2) is 0 Å². The number of anilines is 1. The van der Waals surface area contributed by atoms with Gasteiger partial charge in [-0.25, -0.2) is 8.42 Å². The summed E-state index contributed by atoms with van der Waals surface area (Å²) in [6, 6.07) is 11.3. The second kappa shape index (κ2) is 7.31. The Morgan fingerprint density at radius 1 is 1.08 bits per heavy atom. The zero-order valence-corrected chi connectivity index (χ0v) is 14.5. The summed E-state index contributed by atoms with van der Waals surface area (Å²) in [4.78, 5) is 11.9. The largest absolute Gasteiger partial charge is 0.349 e. The summed E-state index contributed by atoms with van der Waals surface area (Å²) in [6.07, 6.45) is 1.57. The topological polar surface area (TPSA) is 75.3 Å². The fourth-order valence-corrected chi connectivity index (χ4v) is 3.34. The number of hydrogen-bond acceptors (Lipinski definition) is 3. The van der Waals surface area contributed by atoms with Crippen molar-refractivity contribution < 1.29 is 13.2 Å². The van der Waals surface area contributed by atoms with Gasteiger partial charge in [0.25, 0.3) is 15.9 Å². The normalized spacial score (nSPS) is 10.9. The summed E-state index contributed by atoms with van der Waals surface area (Å²) in [5.41, 5.74) is 2.85. The van der Waals surface area contributed by atoms with Gasteiger partial charge in [-0.15, -0.1) is 6.58 Å². The van der Waals surface area contributed by atoms with E-state index >= 15 is 0 Å². The minimum Gasteiger partial charge on any atom is -0.349 e. The highest BCUT2D eigenvalue weighted by atomic mass is 32.2. The summed E-state index contributed by atoms with van der Waals surface area (Å²) in [5, 5.41) is 2.64. The Labute approximate surface area is 142 Å². The van der Waals surface area contributed by atoms with E-state index in [-0.39, 0.29) is 10.8 Å². The maximum Gasteiger partial charge on any atom is 0.261 e. The Bertz CT molecular complexity index is 836. The number of carbonyl (C=O) groups is 1. The molecule has 0 aliphatic carbocycles. The molecule has 0 saturated carbocycles. The minimum atomic E-state index is -3.70. The van der Waals surface area contributed by atoms with Crippen LogP contribution >= 0.6 is 0 Å². The van der Waals surface area contributed by atoms with E-state index in [1.54, 1.807) is 18.2 Å². The van der Waals surface area contributed by atoms with Crippen LogP contribution in [0.2, 0.25) is 0 Å². The lowest BCUT2D eigenvalue weighted by molar-refractivity contribution is 0.0958. The quantitative estimate of drug-likeness (QED) is 0.791. The number of nitrogens with one attached hydrogen (secondary N) is 2. The van der Waals surface area contributed by atoms with Crippen LogP contribution in [0, 0.1) is 13.8 Å². The van der Waals surface area contributed by atoms with E-state index in [1.165, 1.54) is 24.3 Å². The predicted octanol–water partition coefficient (Wildman–Crippen LogP) is 3.02. The van der Waals surface area contributed by atoms with E-state index in [0.29, 0.717) is 17.8 Å². The van der Waals surface area contributed by atoms with E-state index in [9.17, 15) is 13.2 Å². The number of rotatable bonds is 6. The van der Waals surface area contributed by atoms with E-state index < -0.39 is 10.0 Å². The van der Waals surface area contributed by atoms with Crippen molar-refractivity contribution in [3.63, 3.8) is 0 Å². The molecule has 0 heterocycles. The molecule has 2 N–H and O–H groups in total. The SMILES string of the molecule is C=CCNC(=O)c1ccc(S(=O)(=O)Nc2cc(C)cc(C)c2)cc1. The standard InChI is InChI=1S/C18H20N2O3S/c1-4-9-19-18(21)15-5-7-17(8-6-15)24(22,23)20-16-11-13(2)10-14(3)12-16/h4-8,10-12,20H,1,9H2,2-3H3,(H,19,21). The summed E-state index contributed by atoms with van der Waals surface area (Å²) >= 11 is 0. The highest BCUT2D eigenvalue weighted by Crippen LogP contribution is 2.19. The molecule has 2 aromatic rings. The first-order valence-electron chi connectivity index (χ1n) is 7.42. The van der Waals surface area contributed by atoms with Crippen molar-refractivity contribution in [3.05, 3.63) is 71.8 Å². The molecule has 2 aromatic carbocycles. The van der Waals surface area contributed by atoms with Gasteiger partial charge in [-0.05, 0) is 61.4 Å². The molecule has 0 atom stereocenters. The molecule has 0 unspecified atom stereocenters. The van der Waals surface area contributed by atoms with Crippen molar-refractivity contribution in [2.75, 3.05) is 11.3 Å². The molecule has 1 amide bonds. The van der Waals surface area contributed by atoms with Crippen molar-refractivity contribution in [1.29, 1.82) is 0 Å². The molecule has 0 fully saturated rings. The minimum absolute atomic E-state index is 0.0990. The number of aryl methyl sites for hydroxylation is 2. The molecule has 0 aromatic heterocycles. The Balaban J connectivity index is 2.20. The van der Waals surface area contributed by atoms with Crippen LogP contribution in [0.15, 0.2) is 60.0 Å². The van der Waals surface area contributed by atoms with Crippen LogP contribution in [0.3, 0.4) is 0 Å². The second-order valence-electron chi connectivity index (χ2n) is 5.50. The molecule has 0 radical (unpaired) electrons. The van der Waals surface area contributed by atoms with Crippen LogP contribution in [0.5, 0.6) is 0 Å². The summed E-state index contributed by atoms with van der Waals surface area (Å²) in [7, 11) is -3.70. The third-order valence-electron chi connectivity index (χ3n) is 3.31. The van der Waals surface area contributed by atoms with Crippen molar-refractivity contribution >= 4 is 21.6 Å². The molecule has 24 heavy (non-hydrogen) atoms. The average Bonchev–Trinajstić information content (AvgIpc) is 2.51. The molecule has 126 valence electrons. The molecular formula is C18H20N2O3S. The Morgan fingerprint density at radius 2 is 1.67 bits per heavy atom. The lowest BCUT2D eigenvalue weighted by Gasteiger charge is -2.10. The third-order valence-corrected chi connectivity index (χ3v) is 4.70. The van der Waals surface area contributed by atoms with Crippen LogP contribution in [-0.2, 0) is 10.0 Å². The van der Waals surface area contributed by atoms with E-state index in [1.807, 2.05) is 19.9 Å². The van der Waals surface area contributed by atoms with Crippen LogP contribution < -0.4 is 10.0 Å². The van der Waals surface area contributed by atoms with E-state index in [0.717, 1.165) is 11.1 Å². The van der Waals surface area contributed by atoms with Gasteiger partial charge in [0.05, 0.1) is 4.90 Å². The smallest absolute Gasteiger partial charge is 0.261 e. The monoisotopic (exact) mass is 344 g/mol. The third kappa shape index (κ3) is 4.45. The van der Waals surface area contributed by atoms with Gasteiger partial charge in [-0.2, -0.15) is 0 Å². The molecule has 0 aliphatic heterocycles. The Kier molecular flexibility index (Phi) is 5.41. The first-order valence-corrected chi connectivity index (χ1v) is 8.90. The highest BCUT2D eigenvalue weighted by molar-refractivity contribution is 7.92. The van der Waals surface area contributed by atoms with Crippen LogP contribution in [0.25, 0.3) is 0 Å². The second-order valence-corrected chi connectivity index (χ2v) is 7.19. The molecular weight excluding hydrogens is 324 g/mol. The van der Waals surface area contributed by atoms with Gasteiger partial charge in [-0.3, -0.25) is 9.52 Å². The number of sulfonamides is 1. The number of hydrogen-bond donors (Lipinski definition) is 2. The molecule has 2 rings (SSSR count).